The van der Waals surface area contributed by atoms with Gasteiger partial charge in [-0.25, -0.2) is 10.0 Å². The van der Waals surface area contributed by atoms with E-state index in [0.717, 1.165) is 0 Å². The number of hydrogen-bond acceptors (Lipinski definition) is 4. The van der Waals surface area contributed by atoms with E-state index in [1.165, 1.54) is 10.0 Å². The first-order chi connectivity index (χ1) is 9.47. The molecule has 0 fully saturated rings. The van der Waals surface area contributed by atoms with Crippen LogP contribution in [-0.4, -0.2) is 13.1 Å². The van der Waals surface area contributed by atoms with Crippen molar-refractivity contribution in [1.29, 1.82) is 0 Å². The molecule has 0 aliphatic rings. The van der Waals surface area contributed by atoms with Crippen molar-refractivity contribution in [2.45, 2.75) is 27.7 Å². The fourth-order valence-electron chi connectivity index (χ4n) is 1.86. The highest BCUT2D eigenvalue weighted by molar-refractivity contribution is 5.55. The van der Waals surface area contributed by atoms with Gasteiger partial charge in [-0.3, -0.25) is 0 Å². The largest absolute Gasteiger partial charge is 0.229 e. The number of nitroso groups, excluding NO2 is 2. The van der Waals surface area contributed by atoms with Crippen molar-refractivity contribution >= 4 is 11.4 Å². The topological polar surface area (TPSA) is 65.3 Å². The van der Waals surface area contributed by atoms with E-state index in [2.05, 4.69) is 10.6 Å². The molecule has 0 saturated carbocycles. The molecule has 0 spiro atoms. The predicted octanol–water partition coefficient (Wildman–Crippen LogP) is 3.97. The van der Waals surface area contributed by atoms with E-state index < -0.39 is 0 Å². The van der Waals surface area contributed by atoms with E-state index in [1.54, 1.807) is 24.3 Å². The maximum absolute atomic E-state index is 10.9. The number of hydrogen-bond donors (Lipinski definition) is 0. The second kappa shape index (κ2) is 7.57. The van der Waals surface area contributed by atoms with Crippen LogP contribution in [0, 0.1) is 21.6 Å². The van der Waals surface area contributed by atoms with Crippen LogP contribution in [0.4, 0.5) is 11.4 Å². The van der Waals surface area contributed by atoms with Crippen LogP contribution in [0.2, 0.25) is 0 Å². The van der Waals surface area contributed by atoms with Crippen LogP contribution in [0.15, 0.2) is 34.8 Å². The summed E-state index contributed by atoms with van der Waals surface area (Å²) in [4.78, 5) is 21.7. The van der Waals surface area contributed by atoms with Gasteiger partial charge in [-0.2, -0.15) is 0 Å². The minimum Gasteiger partial charge on any atom is -0.229 e. The van der Waals surface area contributed by atoms with E-state index in [-0.39, 0.29) is 0 Å². The Morgan fingerprint density at radius 2 is 1.10 bits per heavy atom. The minimum atomic E-state index is 0.335. The molecular formula is C14H22N4O2. The summed E-state index contributed by atoms with van der Waals surface area (Å²) < 4.78 is 0. The lowest BCUT2D eigenvalue weighted by molar-refractivity contribution is 0.617. The molecule has 1 rings (SSSR count). The molecule has 0 unspecified atom stereocenters. The van der Waals surface area contributed by atoms with E-state index in [0.29, 0.717) is 36.3 Å². The fraction of sp³-hybridized carbons (Fsp3) is 0.571. The maximum atomic E-state index is 10.9. The summed E-state index contributed by atoms with van der Waals surface area (Å²) in [7, 11) is 0. The molecule has 6 heteroatoms. The van der Waals surface area contributed by atoms with E-state index in [9.17, 15) is 9.81 Å². The zero-order chi connectivity index (χ0) is 15.1. The third-order valence-corrected chi connectivity index (χ3v) is 2.72. The standard InChI is InChI=1S/C14H22N4O2/c1-11(2)9-17(15-19)13-5-7-14(8-6-13)18(16-20)10-12(3)4/h5-8,11-12H,9-10H2,1-4H3. The average Bonchev–Trinajstić information content (AvgIpc) is 2.42. The van der Waals surface area contributed by atoms with Gasteiger partial charge in [-0.05, 0) is 36.1 Å². The van der Waals surface area contributed by atoms with Crippen molar-refractivity contribution < 1.29 is 0 Å². The smallest absolute Gasteiger partial charge is 0.0627 e. The SMILES string of the molecule is CC(C)CN(N=O)c1ccc(N(CC(C)C)N=O)cc1. The molecule has 0 aliphatic heterocycles. The third-order valence-electron chi connectivity index (χ3n) is 2.72. The quantitative estimate of drug-likeness (QED) is 0.533. The van der Waals surface area contributed by atoms with Gasteiger partial charge in [0, 0.05) is 13.1 Å². The maximum Gasteiger partial charge on any atom is 0.0627 e. The highest BCUT2D eigenvalue weighted by Crippen LogP contribution is 2.22. The molecule has 0 heterocycles. The molecule has 0 amide bonds. The van der Waals surface area contributed by atoms with Crippen LogP contribution in [0.5, 0.6) is 0 Å². The van der Waals surface area contributed by atoms with Gasteiger partial charge >= 0.3 is 0 Å². The summed E-state index contributed by atoms with van der Waals surface area (Å²) in [5.41, 5.74) is 1.43. The van der Waals surface area contributed by atoms with Crippen molar-refractivity contribution in [3.8, 4) is 0 Å². The van der Waals surface area contributed by atoms with Gasteiger partial charge in [0.25, 0.3) is 0 Å². The summed E-state index contributed by atoms with van der Waals surface area (Å²) in [6.07, 6.45) is 0. The van der Waals surface area contributed by atoms with Crippen LogP contribution < -0.4 is 10.0 Å². The Morgan fingerprint density at radius 1 is 0.800 bits per heavy atom. The van der Waals surface area contributed by atoms with Crippen LogP contribution in [0.1, 0.15) is 27.7 Å². The Balaban J connectivity index is 2.86. The third kappa shape index (κ3) is 4.60. The fourth-order valence-corrected chi connectivity index (χ4v) is 1.86. The molecule has 0 atom stereocenters. The Morgan fingerprint density at radius 3 is 1.30 bits per heavy atom. The van der Waals surface area contributed by atoms with Crippen molar-refractivity contribution in [2.24, 2.45) is 22.4 Å². The Bertz CT molecular complexity index is 390. The van der Waals surface area contributed by atoms with Crippen LogP contribution in [0.3, 0.4) is 0 Å². The number of nitrogens with zero attached hydrogens (tertiary/aromatic N) is 4. The van der Waals surface area contributed by atoms with Gasteiger partial charge in [0.15, 0.2) is 0 Å². The van der Waals surface area contributed by atoms with Gasteiger partial charge in [-0.15, -0.1) is 9.81 Å². The Kier molecular flexibility index (Phi) is 6.09. The Labute approximate surface area is 119 Å². The number of benzene rings is 1. The molecule has 0 aromatic heterocycles. The van der Waals surface area contributed by atoms with E-state index in [1.807, 2.05) is 27.7 Å². The molecule has 0 saturated heterocycles. The molecule has 0 radical (unpaired) electrons. The summed E-state index contributed by atoms with van der Waals surface area (Å²) in [6, 6.07) is 7.10. The highest BCUT2D eigenvalue weighted by atomic mass is 16.3. The molecule has 0 bridgehead atoms. The van der Waals surface area contributed by atoms with Crippen LogP contribution >= 0.6 is 0 Å². The zero-order valence-electron chi connectivity index (χ0n) is 12.5. The first-order valence-electron chi connectivity index (χ1n) is 6.79. The molecule has 0 N–H and O–H groups in total. The lowest BCUT2D eigenvalue weighted by Crippen LogP contribution is -2.22. The van der Waals surface area contributed by atoms with Crippen molar-refractivity contribution in [3.05, 3.63) is 34.1 Å². The lowest BCUT2D eigenvalue weighted by Gasteiger charge is -2.20. The van der Waals surface area contributed by atoms with Crippen molar-refractivity contribution in [2.75, 3.05) is 23.1 Å². The molecule has 20 heavy (non-hydrogen) atoms. The minimum absolute atomic E-state index is 0.335. The average molecular weight is 278 g/mol. The molecule has 1 aromatic rings. The van der Waals surface area contributed by atoms with Crippen molar-refractivity contribution in [1.82, 2.24) is 0 Å². The predicted molar refractivity (Wildman–Crippen MR) is 82.4 cm³/mol. The normalized spacial score (nSPS) is 10.7. The second-order valence-corrected chi connectivity index (χ2v) is 5.63. The molecular weight excluding hydrogens is 256 g/mol. The van der Waals surface area contributed by atoms with Gasteiger partial charge in [0.1, 0.15) is 0 Å². The number of anilines is 2. The van der Waals surface area contributed by atoms with Gasteiger partial charge < -0.3 is 0 Å². The molecule has 1 aromatic carbocycles. The number of rotatable bonds is 8. The monoisotopic (exact) mass is 278 g/mol. The lowest BCUT2D eigenvalue weighted by atomic mass is 10.2. The van der Waals surface area contributed by atoms with Crippen molar-refractivity contribution in [3.63, 3.8) is 0 Å². The van der Waals surface area contributed by atoms with E-state index in [4.69, 9.17) is 0 Å². The van der Waals surface area contributed by atoms with Gasteiger partial charge in [-0.1, -0.05) is 27.7 Å². The Hall–Kier alpha value is -1.98. The summed E-state index contributed by atoms with van der Waals surface area (Å²) in [5, 5.41) is 8.88. The molecule has 110 valence electrons. The van der Waals surface area contributed by atoms with Gasteiger partial charge in [0.2, 0.25) is 0 Å². The highest BCUT2D eigenvalue weighted by Gasteiger charge is 2.12. The summed E-state index contributed by atoms with van der Waals surface area (Å²) >= 11 is 0. The summed E-state index contributed by atoms with van der Waals surface area (Å²) in [5.74, 6) is 0.669. The molecule has 6 nitrogen and oxygen atoms in total. The second-order valence-electron chi connectivity index (χ2n) is 5.63. The zero-order valence-corrected chi connectivity index (χ0v) is 12.5. The van der Waals surface area contributed by atoms with Crippen LogP contribution in [-0.2, 0) is 0 Å². The van der Waals surface area contributed by atoms with Gasteiger partial charge in [0.05, 0.1) is 21.9 Å². The van der Waals surface area contributed by atoms with E-state index >= 15 is 0 Å². The van der Waals surface area contributed by atoms with Crippen LogP contribution in [0.25, 0.3) is 0 Å². The summed E-state index contributed by atoms with van der Waals surface area (Å²) in [6.45, 7) is 9.20. The first kappa shape index (κ1) is 16.1. The first-order valence-corrected chi connectivity index (χ1v) is 6.79. The molecule has 0 aliphatic carbocycles.